The van der Waals surface area contributed by atoms with Crippen LogP contribution in [0.25, 0.3) is 11.0 Å². The minimum atomic E-state index is 0.473. The van der Waals surface area contributed by atoms with Gasteiger partial charge in [0, 0.05) is 17.5 Å². The molecule has 0 N–H and O–H groups in total. The van der Waals surface area contributed by atoms with Crippen molar-refractivity contribution in [1.29, 1.82) is 0 Å². The molecule has 3 nitrogen and oxygen atoms in total. The van der Waals surface area contributed by atoms with Crippen LogP contribution in [-0.4, -0.2) is 35.1 Å². The van der Waals surface area contributed by atoms with Crippen molar-refractivity contribution in [3.63, 3.8) is 0 Å². The monoisotopic (exact) mass is 293 g/mol. The lowest BCUT2D eigenvalue weighted by Crippen LogP contribution is -2.16. The third kappa shape index (κ3) is 3.33. The van der Waals surface area contributed by atoms with Crippen LogP contribution >= 0.6 is 11.6 Å². The molecule has 2 rings (SSSR count). The van der Waals surface area contributed by atoms with Gasteiger partial charge in [-0.3, -0.25) is 0 Å². The van der Waals surface area contributed by atoms with Gasteiger partial charge in [-0.1, -0.05) is 25.4 Å². The first-order valence-corrected chi connectivity index (χ1v) is 7.71. The summed E-state index contributed by atoms with van der Waals surface area (Å²) in [7, 11) is 4.22. The Bertz CT molecular complexity index is 574. The van der Waals surface area contributed by atoms with Crippen molar-refractivity contribution >= 4 is 22.6 Å². The number of hydrogen-bond acceptors (Lipinski definition) is 2. The Hall–Kier alpha value is -1.06. The molecule has 1 aromatic heterocycles. The van der Waals surface area contributed by atoms with E-state index < -0.39 is 0 Å². The summed E-state index contributed by atoms with van der Waals surface area (Å²) in [6.07, 6.45) is 2.22. The van der Waals surface area contributed by atoms with Crippen LogP contribution in [0.4, 0.5) is 0 Å². The first-order chi connectivity index (χ1) is 9.52. The van der Waals surface area contributed by atoms with E-state index in [-0.39, 0.29) is 0 Å². The minimum absolute atomic E-state index is 0.473. The summed E-state index contributed by atoms with van der Waals surface area (Å²) in [5.41, 5.74) is 2.21. The number of aryl methyl sites for hydroxylation is 1. The third-order valence-electron chi connectivity index (χ3n) is 3.78. The van der Waals surface area contributed by atoms with Crippen LogP contribution in [0.2, 0.25) is 5.02 Å². The highest BCUT2D eigenvalue weighted by Crippen LogP contribution is 2.26. The van der Waals surface area contributed by atoms with E-state index in [1.807, 2.05) is 18.2 Å². The normalized spacial score (nSPS) is 13.3. The molecule has 0 bridgehead atoms. The molecule has 0 radical (unpaired) electrons. The molecule has 20 heavy (non-hydrogen) atoms. The summed E-state index contributed by atoms with van der Waals surface area (Å²) < 4.78 is 2.35. The number of imidazole rings is 1. The second-order valence-corrected chi connectivity index (χ2v) is 6.16. The molecule has 0 saturated carbocycles. The lowest BCUT2D eigenvalue weighted by molar-refractivity contribution is 0.385. The third-order valence-corrected chi connectivity index (χ3v) is 4.02. The smallest absolute Gasteiger partial charge is 0.112 e. The van der Waals surface area contributed by atoms with Gasteiger partial charge < -0.3 is 9.47 Å². The van der Waals surface area contributed by atoms with Crippen LogP contribution in [0.5, 0.6) is 0 Å². The van der Waals surface area contributed by atoms with Crippen LogP contribution in [-0.2, 0) is 6.54 Å². The molecule has 2 aromatic rings. The van der Waals surface area contributed by atoms with Gasteiger partial charge in [0.15, 0.2) is 0 Å². The molecule has 0 aliphatic carbocycles. The molecule has 0 aliphatic rings. The molecule has 1 atom stereocenters. The number of nitrogens with zero attached hydrogens (tertiary/aromatic N) is 3. The Balaban J connectivity index is 2.38. The maximum atomic E-state index is 6.15. The Morgan fingerprint density at radius 2 is 2.10 bits per heavy atom. The minimum Gasteiger partial charge on any atom is -0.328 e. The summed E-state index contributed by atoms with van der Waals surface area (Å²) in [5.74, 6) is 1.66. The standard InChI is InChI=1S/C16H24ClN3/c1-5-12(2)16-18-14-8-7-13(17)11-15(14)20(16)10-6-9-19(3)4/h7-8,11-12H,5-6,9-10H2,1-4H3. The van der Waals surface area contributed by atoms with Crippen LogP contribution in [0.1, 0.15) is 38.4 Å². The summed E-state index contributed by atoms with van der Waals surface area (Å²) in [4.78, 5) is 7.03. The summed E-state index contributed by atoms with van der Waals surface area (Å²) in [6, 6.07) is 5.97. The maximum Gasteiger partial charge on any atom is 0.112 e. The summed E-state index contributed by atoms with van der Waals surface area (Å²) >= 11 is 6.15. The van der Waals surface area contributed by atoms with Gasteiger partial charge in [0.05, 0.1) is 11.0 Å². The van der Waals surface area contributed by atoms with Gasteiger partial charge in [-0.15, -0.1) is 0 Å². The van der Waals surface area contributed by atoms with E-state index in [2.05, 4.69) is 37.4 Å². The van der Waals surface area contributed by atoms with Crippen molar-refractivity contribution in [2.75, 3.05) is 20.6 Å². The van der Waals surface area contributed by atoms with Gasteiger partial charge in [0.2, 0.25) is 0 Å². The molecular weight excluding hydrogens is 270 g/mol. The SMILES string of the molecule is CCC(C)c1nc2ccc(Cl)cc2n1CCCN(C)C. The highest BCUT2D eigenvalue weighted by atomic mass is 35.5. The van der Waals surface area contributed by atoms with Gasteiger partial charge in [0.1, 0.15) is 5.82 Å². The predicted octanol–water partition coefficient (Wildman–Crippen LogP) is 4.15. The zero-order valence-corrected chi connectivity index (χ0v) is 13.6. The number of hydrogen-bond donors (Lipinski definition) is 0. The van der Waals surface area contributed by atoms with Crippen LogP contribution < -0.4 is 0 Å². The van der Waals surface area contributed by atoms with Crippen LogP contribution in [0.15, 0.2) is 18.2 Å². The highest BCUT2D eigenvalue weighted by Gasteiger charge is 2.15. The van der Waals surface area contributed by atoms with E-state index in [4.69, 9.17) is 16.6 Å². The number of rotatable bonds is 6. The van der Waals surface area contributed by atoms with Crippen molar-refractivity contribution in [2.24, 2.45) is 0 Å². The fourth-order valence-electron chi connectivity index (χ4n) is 2.45. The molecule has 1 heterocycles. The molecule has 0 fully saturated rings. The van der Waals surface area contributed by atoms with Crippen molar-refractivity contribution in [3.05, 3.63) is 29.0 Å². The first kappa shape index (κ1) is 15.3. The Morgan fingerprint density at radius 3 is 2.75 bits per heavy atom. The van der Waals surface area contributed by atoms with Crippen molar-refractivity contribution < 1.29 is 0 Å². The largest absolute Gasteiger partial charge is 0.328 e. The summed E-state index contributed by atoms with van der Waals surface area (Å²) in [6.45, 7) is 6.53. The van der Waals surface area contributed by atoms with E-state index in [9.17, 15) is 0 Å². The van der Waals surface area contributed by atoms with Crippen molar-refractivity contribution in [3.8, 4) is 0 Å². The fourth-order valence-corrected chi connectivity index (χ4v) is 2.62. The molecule has 0 amide bonds. The molecule has 0 spiro atoms. The quantitative estimate of drug-likeness (QED) is 0.797. The zero-order valence-electron chi connectivity index (χ0n) is 12.9. The van der Waals surface area contributed by atoms with E-state index in [0.717, 1.165) is 42.0 Å². The molecule has 1 aromatic carbocycles. The number of halogens is 1. The van der Waals surface area contributed by atoms with Crippen LogP contribution in [0.3, 0.4) is 0 Å². The highest BCUT2D eigenvalue weighted by molar-refractivity contribution is 6.31. The molecule has 1 unspecified atom stereocenters. The molecular formula is C16H24ClN3. The van der Waals surface area contributed by atoms with E-state index in [1.54, 1.807) is 0 Å². The van der Waals surface area contributed by atoms with Gasteiger partial charge in [-0.2, -0.15) is 0 Å². The average molecular weight is 294 g/mol. The zero-order chi connectivity index (χ0) is 14.7. The van der Waals surface area contributed by atoms with Crippen LogP contribution in [0, 0.1) is 0 Å². The Labute approximate surface area is 126 Å². The maximum absolute atomic E-state index is 6.15. The topological polar surface area (TPSA) is 21.1 Å². The number of benzene rings is 1. The molecule has 0 saturated heterocycles. The number of aromatic nitrogens is 2. The van der Waals surface area contributed by atoms with Gasteiger partial charge in [-0.25, -0.2) is 4.98 Å². The average Bonchev–Trinajstić information content (AvgIpc) is 2.76. The van der Waals surface area contributed by atoms with E-state index in [1.165, 1.54) is 5.82 Å². The van der Waals surface area contributed by atoms with Gasteiger partial charge >= 0.3 is 0 Å². The number of fused-ring (bicyclic) bond motifs is 1. The molecule has 4 heteroatoms. The second-order valence-electron chi connectivity index (χ2n) is 5.72. The Kier molecular flexibility index (Phi) is 5.06. The Morgan fingerprint density at radius 1 is 1.35 bits per heavy atom. The van der Waals surface area contributed by atoms with E-state index in [0.29, 0.717) is 5.92 Å². The predicted molar refractivity (Wildman–Crippen MR) is 86.6 cm³/mol. The first-order valence-electron chi connectivity index (χ1n) is 7.33. The summed E-state index contributed by atoms with van der Waals surface area (Å²) in [5, 5.41) is 0.780. The lowest BCUT2D eigenvalue weighted by Gasteiger charge is -2.15. The lowest BCUT2D eigenvalue weighted by atomic mass is 10.1. The fraction of sp³-hybridized carbons (Fsp3) is 0.562. The van der Waals surface area contributed by atoms with Crippen molar-refractivity contribution in [2.45, 2.75) is 39.2 Å². The van der Waals surface area contributed by atoms with Gasteiger partial charge in [-0.05, 0) is 51.7 Å². The second kappa shape index (κ2) is 6.59. The van der Waals surface area contributed by atoms with Gasteiger partial charge in [0.25, 0.3) is 0 Å². The molecule has 0 aliphatic heterocycles. The van der Waals surface area contributed by atoms with Crippen molar-refractivity contribution in [1.82, 2.24) is 14.5 Å². The molecule has 110 valence electrons. The van der Waals surface area contributed by atoms with E-state index >= 15 is 0 Å².